The summed E-state index contributed by atoms with van der Waals surface area (Å²) in [6, 6.07) is -0.723. The van der Waals surface area contributed by atoms with Gasteiger partial charge in [0, 0.05) is 5.92 Å². The van der Waals surface area contributed by atoms with Crippen LogP contribution in [0.5, 0.6) is 0 Å². The van der Waals surface area contributed by atoms with Gasteiger partial charge < -0.3 is 9.63 Å². The number of hydrogen-bond acceptors (Lipinski definition) is 5. The largest absolute Gasteiger partial charge is 0.480 e. The summed E-state index contributed by atoms with van der Waals surface area (Å²) in [6.45, 7) is 10.3. The molecule has 1 aromatic heterocycles. The molecule has 0 aliphatic carbocycles. The summed E-state index contributed by atoms with van der Waals surface area (Å²) in [5, 5.41) is 13.2. The SMILES string of the molecule is CC(C)c1noc(CN(C)[C@H](/C=C/C(C)(C)C)C(=O)O)n1. The molecule has 1 aromatic rings. The van der Waals surface area contributed by atoms with Crippen LogP contribution >= 0.6 is 0 Å². The zero-order valence-corrected chi connectivity index (χ0v) is 13.6. The quantitative estimate of drug-likeness (QED) is 0.813. The Morgan fingerprint density at radius 3 is 2.48 bits per heavy atom. The molecule has 1 rings (SSSR count). The molecule has 21 heavy (non-hydrogen) atoms. The molecule has 1 heterocycles. The van der Waals surface area contributed by atoms with E-state index in [0.29, 0.717) is 18.3 Å². The molecule has 0 radical (unpaired) electrons. The number of carboxylic acids is 1. The smallest absolute Gasteiger partial charge is 0.324 e. The van der Waals surface area contributed by atoms with Crippen LogP contribution < -0.4 is 0 Å². The fraction of sp³-hybridized carbons (Fsp3) is 0.667. The molecular weight excluding hydrogens is 270 g/mol. The second-order valence-corrected chi connectivity index (χ2v) is 6.62. The van der Waals surface area contributed by atoms with Gasteiger partial charge in [0.15, 0.2) is 5.82 Å². The summed E-state index contributed by atoms with van der Waals surface area (Å²) in [6.07, 6.45) is 3.59. The van der Waals surface area contributed by atoms with Crippen LogP contribution in [-0.4, -0.2) is 39.2 Å². The van der Waals surface area contributed by atoms with Gasteiger partial charge in [-0.15, -0.1) is 0 Å². The van der Waals surface area contributed by atoms with Crippen LogP contribution in [0.2, 0.25) is 0 Å². The van der Waals surface area contributed by atoms with Crippen molar-refractivity contribution in [2.75, 3.05) is 7.05 Å². The molecular formula is C15H25N3O3. The normalized spacial score (nSPS) is 14.3. The first-order valence-corrected chi connectivity index (χ1v) is 7.05. The lowest BCUT2D eigenvalue weighted by Gasteiger charge is -2.21. The van der Waals surface area contributed by atoms with Gasteiger partial charge in [-0.1, -0.05) is 51.9 Å². The average Bonchev–Trinajstić information content (AvgIpc) is 2.75. The Balaban J connectivity index is 2.79. The summed E-state index contributed by atoms with van der Waals surface area (Å²) in [5.74, 6) is 0.345. The Morgan fingerprint density at radius 2 is 2.05 bits per heavy atom. The number of allylic oxidation sites excluding steroid dienone is 1. The first-order chi connectivity index (χ1) is 9.60. The molecule has 0 aromatic carbocycles. The van der Waals surface area contributed by atoms with Gasteiger partial charge >= 0.3 is 5.97 Å². The predicted molar refractivity (Wildman–Crippen MR) is 79.9 cm³/mol. The number of carbonyl (C=O) groups is 1. The van der Waals surface area contributed by atoms with Crippen LogP contribution in [0.3, 0.4) is 0 Å². The number of aliphatic carboxylic acids is 1. The van der Waals surface area contributed by atoms with E-state index in [0.717, 1.165) is 0 Å². The minimum atomic E-state index is -0.901. The highest BCUT2D eigenvalue weighted by Crippen LogP contribution is 2.17. The van der Waals surface area contributed by atoms with Gasteiger partial charge in [-0.2, -0.15) is 4.98 Å². The van der Waals surface area contributed by atoms with E-state index in [1.54, 1.807) is 18.0 Å². The van der Waals surface area contributed by atoms with Gasteiger partial charge in [0.2, 0.25) is 5.89 Å². The Morgan fingerprint density at radius 1 is 1.43 bits per heavy atom. The minimum absolute atomic E-state index is 0.0656. The van der Waals surface area contributed by atoms with Gasteiger partial charge in [-0.3, -0.25) is 9.69 Å². The zero-order chi connectivity index (χ0) is 16.2. The molecule has 0 fully saturated rings. The molecule has 0 unspecified atom stereocenters. The predicted octanol–water partition coefficient (Wildman–Crippen LogP) is 2.68. The minimum Gasteiger partial charge on any atom is -0.480 e. The van der Waals surface area contributed by atoms with Crippen LogP contribution in [-0.2, 0) is 11.3 Å². The molecule has 0 spiro atoms. The molecule has 0 bridgehead atoms. The van der Waals surface area contributed by atoms with Gasteiger partial charge in [0.1, 0.15) is 6.04 Å². The van der Waals surface area contributed by atoms with E-state index in [1.165, 1.54) is 0 Å². The van der Waals surface area contributed by atoms with E-state index in [2.05, 4.69) is 10.1 Å². The standard InChI is InChI=1S/C15H25N3O3/c1-10(2)13-16-12(21-17-13)9-18(6)11(14(19)20)7-8-15(3,4)5/h7-8,10-11H,9H2,1-6H3,(H,19,20)/b8-7+/t11-/m1/s1. The van der Waals surface area contributed by atoms with Crippen molar-refractivity contribution in [2.24, 2.45) is 5.41 Å². The number of aromatic nitrogens is 2. The van der Waals surface area contributed by atoms with Crippen molar-refractivity contribution < 1.29 is 14.4 Å². The van der Waals surface area contributed by atoms with Crippen LogP contribution in [0.15, 0.2) is 16.7 Å². The number of hydrogen-bond donors (Lipinski definition) is 1. The van der Waals surface area contributed by atoms with Crippen molar-refractivity contribution in [3.63, 3.8) is 0 Å². The molecule has 0 aliphatic rings. The van der Waals surface area contributed by atoms with Crippen LogP contribution in [0.25, 0.3) is 0 Å². The molecule has 6 nitrogen and oxygen atoms in total. The lowest BCUT2D eigenvalue weighted by Crippen LogP contribution is -2.36. The highest BCUT2D eigenvalue weighted by Gasteiger charge is 2.23. The maximum Gasteiger partial charge on any atom is 0.324 e. The van der Waals surface area contributed by atoms with E-state index < -0.39 is 12.0 Å². The third kappa shape index (κ3) is 5.67. The van der Waals surface area contributed by atoms with Crippen LogP contribution in [0, 0.1) is 5.41 Å². The second kappa shape index (κ2) is 6.85. The number of carboxylic acid groups (broad SMARTS) is 1. The van der Waals surface area contributed by atoms with E-state index >= 15 is 0 Å². The maximum absolute atomic E-state index is 11.4. The van der Waals surface area contributed by atoms with Crippen LogP contribution in [0.4, 0.5) is 0 Å². The van der Waals surface area contributed by atoms with Crippen molar-refractivity contribution in [1.29, 1.82) is 0 Å². The van der Waals surface area contributed by atoms with Crippen LogP contribution in [0.1, 0.15) is 52.3 Å². The fourth-order valence-corrected chi connectivity index (χ4v) is 1.68. The van der Waals surface area contributed by atoms with E-state index in [1.807, 2.05) is 40.7 Å². The first-order valence-electron chi connectivity index (χ1n) is 7.05. The van der Waals surface area contributed by atoms with Gasteiger partial charge in [-0.25, -0.2) is 0 Å². The number of rotatable bonds is 6. The van der Waals surface area contributed by atoms with E-state index in [4.69, 9.17) is 4.52 Å². The Labute approximate surface area is 125 Å². The van der Waals surface area contributed by atoms with Gasteiger partial charge in [0.25, 0.3) is 0 Å². The van der Waals surface area contributed by atoms with Crippen molar-refractivity contribution in [3.8, 4) is 0 Å². The highest BCUT2D eigenvalue weighted by atomic mass is 16.5. The summed E-state index contributed by atoms with van der Waals surface area (Å²) < 4.78 is 5.15. The van der Waals surface area contributed by atoms with Gasteiger partial charge in [0.05, 0.1) is 6.54 Å². The van der Waals surface area contributed by atoms with Crippen molar-refractivity contribution in [2.45, 2.75) is 53.1 Å². The molecule has 0 saturated heterocycles. The summed E-state index contributed by atoms with van der Waals surface area (Å²) in [5.41, 5.74) is -0.0656. The molecule has 0 amide bonds. The second-order valence-electron chi connectivity index (χ2n) is 6.62. The van der Waals surface area contributed by atoms with Crippen molar-refractivity contribution in [1.82, 2.24) is 15.0 Å². The summed E-state index contributed by atoms with van der Waals surface area (Å²) in [7, 11) is 1.73. The first kappa shape index (κ1) is 17.4. The fourth-order valence-electron chi connectivity index (χ4n) is 1.68. The number of likely N-dealkylation sites (N-methyl/N-ethyl adjacent to an activating group) is 1. The molecule has 118 valence electrons. The molecule has 1 atom stereocenters. The summed E-state index contributed by atoms with van der Waals surface area (Å²) >= 11 is 0. The highest BCUT2D eigenvalue weighted by molar-refractivity contribution is 5.75. The number of nitrogens with zero attached hydrogens (tertiary/aromatic N) is 3. The Bertz CT molecular complexity index is 501. The topological polar surface area (TPSA) is 79.5 Å². The third-order valence-electron chi connectivity index (χ3n) is 2.89. The lowest BCUT2D eigenvalue weighted by atomic mass is 9.95. The molecule has 0 aliphatic heterocycles. The lowest BCUT2D eigenvalue weighted by molar-refractivity contribution is -0.141. The molecule has 0 saturated carbocycles. The maximum atomic E-state index is 11.4. The molecule has 1 N–H and O–H groups in total. The summed E-state index contributed by atoms with van der Waals surface area (Å²) in [4.78, 5) is 17.3. The average molecular weight is 295 g/mol. The third-order valence-corrected chi connectivity index (χ3v) is 2.89. The molecule has 6 heteroatoms. The zero-order valence-electron chi connectivity index (χ0n) is 13.6. The Hall–Kier alpha value is -1.69. The van der Waals surface area contributed by atoms with E-state index in [9.17, 15) is 9.90 Å². The monoisotopic (exact) mass is 295 g/mol. The Kier molecular flexibility index (Phi) is 5.66. The van der Waals surface area contributed by atoms with Crippen molar-refractivity contribution >= 4 is 5.97 Å². The van der Waals surface area contributed by atoms with Gasteiger partial charge in [-0.05, 0) is 12.5 Å². The van der Waals surface area contributed by atoms with Crippen molar-refractivity contribution in [3.05, 3.63) is 23.9 Å². The van der Waals surface area contributed by atoms with E-state index in [-0.39, 0.29) is 11.3 Å².